The molecule has 0 spiro atoms. The van der Waals surface area contributed by atoms with Crippen LogP contribution in [0.25, 0.3) is 11.0 Å². The molecule has 0 unspecified atom stereocenters. The molecule has 1 aromatic heterocycles. The minimum absolute atomic E-state index is 0.126. The van der Waals surface area contributed by atoms with E-state index in [0.717, 1.165) is 12.8 Å². The molecule has 1 aromatic carbocycles. The fourth-order valence-electron chi connectivity index (χ4n) is 2.31. The van der Waals surface area contributed by atoms with Gasteiger partial charge in [0.05, 0.1) is 13.2 Å². The molecule has 128 valence electrons. The van der Waals surface area contributed by atoms with E-state index in [-0.39, 0.29) is 29.5 Å². The maximum Gasteiger partial charge on any atom is 0.306 e. The van der Waals surface area contributed by atoms with Gasteiger partial charge in [-0.1, -0.05) is 13.3 Å². The van der Waals surface area contributed by atoms with Crippen LogP contribution >= 0.6 is 0 Å². The Bertz CT molecular complexity index is 773. The molecule has 0 saturated carbocycles. The van der Waals surface area contributed by atoms with Gasteiger partial charge in [-0.3, -0.25) is 9.59 Å². The first-order valence-corrected chi connectivity index (χ1v) is 7.74. The fraction of sp³-hybridized carbons (Fsp3) is 0.412. The van der Waals surface area contributed by atoms with E-state index in [2.05, 4.69) is 4.98 Å². The molecule has 7 heteroatoms. The molecule has 7 nitrogen and oxygen atoms in total. The zero-order valence-electron chi connectivity index (χ0n) is 14.0. The van der Waals surface area contributed by atoms with Gasteiger partial charge in [-0.05, 0) is 18.6 Å². The predicted octanol–water partition coefficient (Wildman–Crippen LogP) is 2.31. The molecule has 0 saturated heterocycles. The van der Waals surface area contributed by atoms with Crippen molar-refractivity contribution in [2.75, 3.05) is 7.11 Å². The van der Waals surface area contributed by atoms with Crippen molar-refractivity contribution in [3.05, 3.63) is 34.8 Å². The third kappa shape index (κ3) is 3.79. The van der Waals surface area contributed by atoms with Crippen molar-refractivity contribution in [3.63, 3.8) is 0 Å². The van der Waals surface area contributed by atoms with Crippen LogP contribution in [0.4, 0.5) is 0 Å². The number of esters is 1. The molecular weight excluding hydrogens is 312 g/mol. The Hall–Kier alpha value is -2.70. The summed E-state index contributed by atoms with van der Waals surface area (Å²) in [6, 6.07) is 4.80. The minimum Gasteiger partial charge on any atom is -0.618 e. The molecule has 0 fully saturated rings. The highest BCUT2D eigenvalue weighted by molar-refractivity contribution is 5.93. The predicted molar refractivity (Wildman–Crippen MR) is 86.6 cm³/mol. The molecule has 0 N–H and O–H groups in total. The van der Waals surface area contributed by atoms with E-state index >= 15 is 0 Å². The van der Waals surface area contributed by atoms with E-state index < -0.39 is 5.78 Å². The number of rotatable bonds is 7. The van der Waals surface area contributed by atoms with Crippen LogP contribution in [0.15, 0.2) is 18.2 Å². The van der Waals surface area contributed by atoms with Gasteiger partial charge in [0, 0.05) is 13.3 Å². The smallest absolute Gasteiger partial charge is 0.306 e. The molecule has 0 radical (unpaired) electrons. The van der Waals surface area contributed by atoms with Crippen molar-refractivity contribution in [1.29, 1.82) is 0 Å². The molecule has 1 heterocycles. The Labute approximate surface area is 139 Å². The SMILES string of the molecule is CCCCC(=O)OCc1nc2ccc(OC)cc2[n+]([O-])c1C(C)=O. The molecule has 2 aromatic rings. The van der Waals surface area contributed by atoms with E-state index in [4.69, 9.17) is 9.47 Å². The van der Waals surface area contributed by atoms with Crippen LogP contribution in [0.3, 0.4) is 0 Å². The van der Waals surface area contributed by atoms with Crippen molar-refractivity contribution in [1.82, 2.24) is 4.98 Å². The zero-order chi connectivity index (χ0) is 17.7. The van der Waals surface area contributed by atoms with Crippen molar-refractivity contribution in [2.24, 2.45) is 0 Å². The van der Waals surface area contributed by atoms with Crippen LogP contribution in [0.2, 0.25) is 0 Å². The number of carbonyl (C=O) groups excluding carboxylic acids is 2. The van der Waals surface area contributed by atoms with Crippen molar-refractivity contribution >= 4 is 22.8 Å². The van der Waals surface area contributed by atoms with E-state index in [1.54, 1.807) is 12.1 Å². The summed E-state index contributed by atoms with van der Waals surface area (Å²) in [6.07, 6.45) is 1.91. The number of ketones is 1. The van der Waals surface area contributed by atoms with E-state index in [9.17, 15) is 14.8 Å². The maximum atomic E-state index is 12.5. The number of nitrogens with zero attached hydrogens (tertiary/aromatic N) is 2. The molecule has 0 aliphatic carbocycles. The van der Waals surface area contributed by atoms with Crippen LogP contribution in [-0.2, 0) is 16.1 Å². The second-order valence-electron chi connectivity index (χ2n) is 5.38. The molecule has 0 bridgehead atoms. The summed E-state index contributed by atoms with van der Waals surface area (Å²) >= 11 is 0. The lowest BCUT2D eigenvalue weighted by Crippen LogP contribution is -2.37. The lowest BCUT2D eigenvalue weighted by molar-refractivity contribution is -0.580. The second-order valence-corrected chi connectivity index (χ2v) is 5.38. The molecular formula is C17H20N2O5. The van der Waals surface area contributed by atoms with Gasteiger partial charge in [0.1, 0.15) is 17.9 Å². The summed E-state index contributed by atoms with van der Waals surface area (Å²) in [4.78, 5) is 27.8. The maximum absolute atomic E-state index is 12.5. The monoisotopic (exact) mass is 332 g/mol. The van der Waals surface area contributed by atoms with E-state index in [1.807, 2.05) is 6.92 Å². The van der Waals surface area contributed by atoms with Crippen LogP contribution in [0.5, 0.6) is 5.75 Å². The average molecular weight is 332 g/mol. The largest absolute Gasteiger partial charge is 0.618 e. The Kier molecular flexibility index (Phi) is 5.68. The fourth-order valence-corrected chi connectivity index (χ4v) is 2.31. The number of aromatic nitrogens is 2. The van der Waals surface area contributed by atoms with Gasteiger partial charge >= 0.3 is 5.97 Å². The molecule has 0 amide bonds. The summed E-state index contributed by atoms with van der Waals surface area (Å²) in [5.41, 5.74) is 0.648. The quantitative estimate of drug-likeness (QED) is 0.334. The third-order valence-corrected chi connectivity index (χ3v) is 3.57. The molecule has 0 aliphatic rings. The Morgan fingerprint density at radius 2 is 2.08 bits per heavy atom. The lowest BCUT2D eigenvalue weighted by Gasteiger charge is -2.11. The van der Waals surface area contributed by atoms with Crippen LogP contribution < -0.4 is 9.47 Å². The van der Waals surface area contributed by atoms with Gasteiger partial charge < -0.3 is 14.7 Å². The number of hydrogen-bond donors (Lipinski definition) is 0. The number of carbonyl (C=O) groups is 2. The summed E-state index contributed by atoms with van der Waals surface area (Å²) in [6.45, 7) is 3.04. The standard InChI is InChI=1S/C17H20N2O5/c1-4-5-6-16(21)24-10-14-17(11(2)20)19(22)15-9-12(23-3)7-8-13(15)18-14/h7-9H,4-6,10H2,1-3H3. The summed E-state index contributed by atoms with van der Waals surface area (Å²) in [7, 11) is 1.49. The highest BCUT2D eigenvalue weighted by atomic mass is 16.5. The van der Waals surface area contributed by atoms with Crippen LogP contribution in [-0.4, -0.2) is 23.8 Å². The van der Waals surface area contributed by atoms with Gasteiger partial charge in [-0.2, -0.15) is 4.73 Å². The molecule has 2 rings (SSSR count). The number of ether oxygens (including phenoxy) is 2. The van der Waals surface area contributed by atoms with Crippen molar-refractivity contribution in [3.8, 4) is 5.75 Å². The first kappa shape index (κ1) is 17.7. The number of benzene rings is 1. The highest BCUT2D eigenvalue weighted by Crippen LogP contribution is 2.19. The van der Waals surface area contributed by atoms with Gasteiger partial charge in [0.15, 0.2) is 5.69 Å². The highest BCUT2D eigenvalue weighted by Gasteiger charge is 2.24. The Morgan fingerprint density at radius 1 is 1.33 bits per heavy atom. The van der Waals surface area contributed by atoms with Gasteiger partial charge in [0.2, 0.25) is 11.3 Å². The second kappa shape index (κ2) is 7.72. The number of methoxy groups -OCH3 is 1. The van der Waals surface area contributed by atoms with Gasteiger partial charge in [-0.25, -0.2) is 4.98 Å². The Morgan fingerprint density at radius 3 is 2.71 bits per heavy atom. The first-order chi connectivity index (χ1) is 11.5. The van der Waals surface area contributed by atoms with E-state index in [0.29, 0.717) is 22.4 Å². The first-order valence-electron chi connectivity index (χ1n) is 7.74. The zero-order valence-corrected chi connectivity index (χ0v) is 14.0. The van der Waals surface area contributed by atoms with Gasteiger partial charge in [-0.15, -0.1) is 0 Å². The number of unbranched alkanes of at least 4 members (excludes halogenated alkanes) is 1. The number of Topliss-reactive ketones (excluding diaryl/α,β-unsaturated/α-hetero) is 1. The number of fused-ring (bicyclic) bond motifs is 1. The summed E-state index contributed by atoms with van der Waals surface area (Å²) < 4.78 is 10.7. The minimum atomic E-state index is -0.443. The normalized spacial score (nSPS) is 10.6. The van der Waals surface area contributed by atoms with Gasteiger partial charge in [0.25, 0.3) is 5.69 Å². The average Bonchev–Trinajstić information content (AvgIpc) is 2.57. The Balaban J connectivity index is 2.39. The van der Waals surface area contributed by atoms with Crippen molar-refractivity contribution in [2.45, 2.75) is 39.7 Å². The van der Waals surface area contributed by atoms with Crippen LogP contribution in [0, 0.1) is 5.21 Å². The lowest BCUT2D eigenvalue weighted by atomic mass is 10.2. The topological polar surface area (TPSA) is 92.4 Å². The van der Waals surface area contributed by atoms with Crippen LogP contribution in [0.1, 0.15) is 49.3 Å². The van der Waals surface area contributed by atoms with E-state index in [1.165, 1.54) is 20.1 Å². The third-order valence-electron chi connectivity index (χ3n) is 3.57. The van der Waals surface area contributed by atoms with Crippen molar-refractivity contribution < 1.29 is 23.8 Å². The molecule has 0 aliphatic heterocycles. The molecule has 24 heavy (non-hydrogen) atoms. The number of hydrogen-bond acceptors (Lipinski definition) is 6. The summed E-state index contributed by atoms with van der Waals surface area (Å²) in [5.74, 6) is -0.329. The summed E-state index contributed by atoms with van der Waals surface area (Å²) in [5, 5.41) is 12.5. The molecule has 0 atom stereocenters.